The minimum absolute atomic E-state index is 0.168. The fourth-order valence-electron chi connectivity index (χ4n) is 2.22. The number of benzene rings is 1. The van der Waals surface area contributed by atoms with E-state index >= 15 is 0 Å². The van der Waals surface area contributed by atoms with Crippen molar-refractivity contribution in [3.8, 4) is 11.5 Å². The van der Waals surface area contributed by atoms with Crippen LogP contribution in [0.4, 0.5) is 0 Å². The van der Waals surface area contributed by atoms with Crippen molar-refractivity contribution in [3.63, 3.8) is 0 Å². The first-order chi connectivity index (χ1) is 10.2. The Morgan fingerprint density at radius 2 is 2.10 bits per heavy atom. The minimum atomic E-state index is 0.168. The molecule has 1 aromatic heterocycles. The van der Waals surface area contributed by atoms with Crippen molar-refractivity contribution in [1.82, 2.24) is 10.3 Å². The maximum Gasteiger partial charge on any atom is 0.127 e. The van der Waals surface area contributed by atoms with Gasteiger partial charge in [-0.3, -0.25) is 0 Å². The molecule has 1 unspecified atom stereocenters. The number of ether oxygens (including phenoxy) is 2. The topological polar surface area (TPSA) is 43.4 Å². The van der Waals surface area contributed by atoms with Crippen LogP contribution < -0.4 is 14.8 Å². The van der Waals surface area contributed by atoms with Crippen LogP contribution in [0.15, 0.2) is 23.7 Å². The maximum atomic E-state index is 5.99. The number of methoxy groups -OCH3 is 1. The highest BCUT2D eigenvalue weighted by Crippen LogP contribution is 2.33. The number of rotatable bonds is 7. The number of nitrogens with zero attached hydrogens (tertiary/aromatic N) is 1. The zero-order chi connectivity index (χ0) is 15.2. The van der Waals surface area contributed by atoms with E-state index < -0.39 is 0 Å². The number of nitrogens with one attached hydrogen (secondary N) is 1. The van der Waals surface area contributed by atoms with Gasteiger partial charge in [0.2, 0.25) is 0 Å². The highest BCUT2D eigenvalue weighted by molar-refractivity contribution is 7.09. The predicted octanol–water partition coefficient (Wildman–Crippen LogP) is 3.36. The Hall–Kier alpha value is -1.59. The molecular formula is C16H22N2O2S. The molecule has 5 heteroatoms. The molecule has 1 aromatic carbocycles. The van der Waals surface area contributed by atoms with Crippen molar-refractivity contribution in [2.45, 2.75) is 26.3 Å². The molecule has 0 fully saturated rings. The molecule has 0 aliphatic carbocycles. The molecule has 0 aliphatic rings. The lowest BCUT2D eigenvalue weighted by molar-refractivity contribution is 0.311. The van der Waals surface area contributed by atoms with E-state index in [4.69, 9.17) is 9.47 Å². The van der Waals surface area contributed by atoms with E-state index in [0.717, 1.165) is 29.2 Å². The number of hydrogen-bond donors (Lipinski definition) is 1. The number of hydrogen-bond acceptors (Lipinski definition) is 5. The second kappa shape index (κ2) is 7.43. The summed E-state index contributed by atoms with van der Waals surface area (Å²) < 4.78 is 11.4. The normalized spacial score (nSPS) is 12.2. The predicted molar refractivity (Wildman–Crippen MR) is 86.5 cm³/mol. The Morgan fingerprint density at radius 1 is 1.33 bits per heavy atom. The number of aryl methyl sites for hydroxylation is 1. The van der Waals surface area contributed by atoms with Gasteiger partial charge in [0, 0.05) is 17.3 Å². The largest absolute Gasteiger partial charge is 0.496 e. The molecule has 0 saturated carbocycles. The van der Waals surface area contributed by atoms with Gasteiger partial charge in [-0.1, -0.05) is 6.07 Å². The van der Waals surface area contributed by atoms with E-state index in [1.54, 1.807) is 18.4 Å². The molecule has 0 spiro atoms. The van der Waals surface area contributed by atoms with Crippen molar-refractivity contribution in [2.24, 2.45) is 0 Å². The molecule has 0 amide bonds. The molecule has 0 radical (unpaired) electrons. The van der Waals surface area contributed by atoms with Gasteiger partial charge in [-0.2, -0.15) is 0 Å². The molecule has 21 heavy (non-hydrogen) atoms. The van der Waals surface area contributed by atoms with E-state index in [1.165, 1.54) is 4.88 Å². The van der Waals surface area contributed by atoms with Crippen molar-refractivity contribution >= 4 is 11.3 Å². The van der Waals surface area contributed by atoms with Gasteiger partial charge in [0.25, 0.3) is 0 Å². The summed E-state index contributed by atoms with van der Waals surface area (Å²) in [4.78, 5) is 5.54. The minimum Gasteiger partial charge on any atom is -0.496 e. The van der Waals surface area contributed by atoms with Gasteiger partial charge < -0.3 is 14.8 Å². The molecule has 1 heterocycles. The van der Waals surface area contributed by atoms with Crippen LogP contribution in [0, 0.1) is 6.92 Å². The molecule has 1 N–H and O–H groups in total. The standard InChI is InChI=1S/C16H22N2O2S/c1-11-15(21-10-18-11)8-9-20-14-7-5-6-13(19-4)16(14)12(2)17-3/h5-7,10,12,17H,8-9H2,1-4H3. The van der Waals surface area contributed by atoms with Gasteiger partial charge in [0.15, 0.2) is 0 Å². The van der Waals surface area contributed by atoms with E-state index in [9.17, 15) is 0 Å². The zero-order valence-corrected chi connectivity index (χ0v) is 13.8. The second-order valence-corrected chi connectivity index (χ2v) is 5.78. The molecule has 2 rings (SSSR count). The van der Waals surface area contributed by atoms with Gasteiger partial charge in [0.1, 0.15) is 11.5 Å². The molecule has 114 valence electrons. The first-order valence-corrected chi connectivity index (χ1v) is 7.91. The van der Waals surface area contributed by atoms with Gasteiger partial charge >= 0.3 is 0 Å². The Kier molecular flexibility index (Phi) is 5.59. The molecular weight excluding hydrogens is 284 g/mol. The fraction of sp³-hybridized carbons (Fsp3) is 0.438. The summed E-state index contributed by atoms with van der Waals surface area (Å²) in [5, 5.41) is 3.24. The lowest BCUT2D eigenvalue weighted by Gasteiger charge is -2.19. The van der Waals surface area contributed by atoms with Crippen LogP contribution in [0.5, 0.6) is 11.5 Å². The second-order valence-electron chi connectivity index (χ2n) is 4.84. The lowest BCUT2D eigenvalue weighted by Crippen LogP contribution is -2.15. The van der Waals surface area contributed by atoms with E-state index in [2.05, 4.69) is 17.2 Å². The Labute approximate surface area is 130 Å². The third-order valence-electron chi connectivity index (χ3n) is 3.54. The summed E-state index contributed by atoms with van der Waals surface area (Å²) in [5.74, 6) is 1.72. The quantitative estimate of drug-likeness (QED) is 0.852. The summed E-state index contributed by atoms with van der Waals surface area (Å²) in [7, 11) is 3.62. The average Bonchev–Trinajstić information content (AvgIpc) is 2.91. The highest BCUT2D eigenvalue weighted by atomic mass is 32.1. The molecule has 0 aliphatic heterocycles. The van der Waals surface area contributed by atoms with Crippen molar-refractivity contribution < 1.29 is 9.47 Å². The average molecular weight is 306 g/mol. The zero-order valence-electron chi connectivity index (χ0n) is 13.0. The van der Waals surface area contributed by atoms with E-state index in [-0.39, 0.29) is 6.04 Å². The summed E-state index contributed by atoms with van der Waals surface area (Å²) in [6, 6.07) is 6.08. The summed E-state index contributed by atoms with van der Waals surface area (Å²) in [6.45, 7) is 4.77. The molecule has 4 nitrogen and oxygen atoms in total. The van der Waals surface area contributed by atoms with E-state index in [0.29, 0.717) is 6.61 Å². The van der Waals surface area contributed by atoms with Crippen molar-refractivity contribution in [3.05, 3.63) is 39.8 Å². The van der Waals surface area contributed by atoms with E-state index in [1.807, 2.05) is 37.7 Å². The molecule has 0 bridgehead atoms. The SMILES string of the molecule is CNC(C)c1c(OC)cccc1OCCc1scnc1C. The lowest BCUT2D eigenvalue weighted by atomic mass is 10.1. The van der Waals surface area contributed by atoms with Crippen LogP contribution in [-0.4, -0.2) is 25.7 Å². The monoisotopic (exact) mass is 306 g/mol. The van der Waals surface area contributed by atoms with Crippen LogP contribution in [0.3, 0.4) is 0 Å². The first-order valence-electron chi connectivity index (χ1n) is 7.03. The fourth-order valence-corrected chi connectivity index (χ4v) is 2.98. The summed E-state index contributed by atoms with van der Waals surface area (Å²) >= 11 is 1.68. The van der Waals surface area contributed by atoms with Gasteiger partial charge in [-0.25, -0.2) is 4.98 Å². The van der Waals surface area contributed by atoms with Crippen LogP contribution >= 0.6 is 11.3 Å². The third-order valence-corrected chi connectivity index (χ3v) is 4.54. The van der Waals surface area contributed by atoms with Gasteiger partial charge in [-0.05, 0) is 33.0 Å². The highest BCUT2D eigenvalue weighted by Gasteiger charge is 2.16. The van der Waals surface area contributed by atoms with Crippen LogP contribution in [0.25, 0.3) is 0 Å². The third kappa shape index (κ3) is 3.74. The van der Waals surface area contributed by atoms with Gasteiger partial charge in [0.05, 0.1) is 30.5 Å². The maximum absolute atomic E-state index is 5.99. The number of aromatic nitrogens is 1. The number of thiazole rings is 1. The van der Waals surface area contributed by atoms with Crippen LogP contribution in [0.2, 0.25) is 0 Å². The smallest absolute Gasteiger partial charge is 0.127 e. The Morgan fingerprint density at radius 3 is 2.71 bits per heavy atom. The van der Waals surface area contributed by atoms with Crippen LogP contribution in [0.1, 0.15) is 29.1 Å². The van der Waals surface area contributed by atoms with Crippen molar-refractivity contribution in [1.29, 1.82) is 0 Å². The van der Waals surface area contributed by atoms with Gasteiger partial charge in [-0.15, -0.1) is 11.3 Å². The Balaban J connectivity index is 2.10. The summed E-state index contributed by atoms with van der Waals surface area (Å²) in [5.41, 5.74) is 4.03. The van der Waals surface area contributed by atoms with Crippen LogP contribution in [-0.2, 0) is 6.42 Å². The molecule has 0 saturated heterocycles. The molecule has 1 atom stereocenters. The van der Waals surface area contributed by atoms with Crippen molar-refractivity contribution in [2.75, 3.05) is 20.8 Å². The Bertz CT molecular complexity index is 583. The molecule has 2 aromatic rings. The summed E-state index contributed by atoms with van der Waals surface area (Å²) in [6.07, 6.45) is 0.876. The first kappa shape index (κ1) is 15.8.